The van der Waals surface area contributed by atoms with E-state index in [9.17, 15) is 14.7 Å². The Hall–Kier alpha value is -2.57. The first-order valence-corrected chi connectivity index (χ1v) is 9.48. The van der Waals surface area contributed by atoms with Gasteiger partial charge in [0.05, 0.1) is 16.9 Å². The standard InChI is InChI=1S/C20H17ClN2O3S/c1-2-11-23-18(24)17(12-14-5-3-4-6-16(14)21)27-20(23)22-15-9-7-13(8-10-15)19(25)26/h2-10,17H,1,11-12H2,(H,25,26)/p-1/t17-/m1/s1. The van der Waals surface area contributed by atoms with E-state index in [1.54, 1.807) is 29.2 Å². The highest BCUT2D eigenvalue weighted by atomic mass is 35.5. The van der Waals surface area contributed by atoms with E-state index in [2.05, 4.69) is 11.6 Å². The third-order valence-electron chi connectivity index (χ3n) is 4.02. The van der Waals surface area contributed by atoms with Gasteiger partial charge in [-0.25, -0.2) is 4.99 Å². The summed E-state index contributed by atoms with van der Waals surface area (Å²) in [4.78, 5) is 29.7. The van der Waals surface area contributed by atoms with Crippen LogP contribution in [0.2, 0.25) is 5.02 Å². The maximum absolute atomic E-state index is 12.8. The van der Waals surface area contributed by atoms with Crippen LogP contribution in [0.4, 0.5) is 5.69 Å². The molecular weight excluding hydrogens is 384 g/mol. The summed E-state index contributed by atoms with van der Waals surface area (Å²) in [5, 5.41) is 11.7. The van der Waals surface area contributed by atoms with Gasteiger partial charge < -0.3 is 9.90 Å². The third-order valence-corrected chi connectivity index (χ3v) is 5.57. The first-order chi connectivity index (χ1) is 13.0. The summed E-state index contributed by atoms with van der Waals surface area (Å²) in [6, 6.07) is 13.5. The number of hydrogen-bond acceptors (Lipinski definition) is 5. The smallest absolute Gasteiger partial charge is 0.242 e. The highest BCUT2D eigenvalue weighted by molar-refractivity contribution is 8.15. The summed E-state index contributed by atoms with van der Waals surface area (Å²) in [6.07, 6.45) is 2.14. The third kappa shape index (κ3) is 4.40. The molecule has 27 heavy (non-hydrogen) atoms. The van der Waals surface area contributed by atoms with Crippen molar-refractivity contribution in [1.29, 1.82) is 0 Å². The van der Waals surface area contributed by atoms with Crippen molar-refractivity contribution in [3.63, 3.8) is 0 Å². The molecule has 0 saturated carbocycles. The Labute approximate surface area is 166 Å². The molecule has 1 aliphatic heterocycles. The quantitative estimate of drug-likeness (QED) is 0.700. The van der Waals surface area contributed by atoms with Crippen LogP contribution >= 0.6 is 23.4 Å². The number of carboxylic acid groups (broad SMARTS) is 1. The lowest BCUT2D eigenvalue weighted by atomic mass is 10.1. The van der Waals surface area contributed by atoms with Gasteiger partial charge in [-0.15, -0.1) is 6.58 Å². The van der Waals surface area contributed by atoms with Gasteiger partial charge in [-0.1, -0.05) is 59.8 Å². The van der Waals surface area contributed by atoms with Crippen LogP contribution in [-0.4, -0.2) is 33.7 Å². The number of nitrogens with zero attached hydrogens (tertiary/aromatic N) is 2. The van der Waals surface area contributed by atoms with E-state index in [0.29, 0.717) is 28.8 Å². The predicted octanol–water partition coefficient (Wildman–Crippen LogP) is 3.06. The number of aromatic carboxylic acids is 1. The second kappa shape index (κ2) is 8.41. The molecule has 0 radical (unpaired) electrons. The number of hydrogen-bond donors (Lipinski definition) is 0. The molecule has 3 rings (SSSR count). The molecular formula is C20H16ClN2O3S-. The number of thioether (sulfide) groups is 1. The second-order valence-electron chi connectivity index (χ2n) is 5.87. The highest BCUT2D eigenvalue weighted by Crippen LogP contribution is 2.33. The summed E-state index contributed by atoms with van der Waals surface area (Å²) in [7, 11) is 0. The Kier molecular flexibility index (Phi) is 5.98. The van der Waals surface area contributed by atoms with Crippen molar-refractivity contribution in [3.05, 3.63) is 77.3 Å². The molecule has 0 N–H and O–H groups in total. The molecule has 1 aliphatic rings. The molecule has 138 valence electrons. The van der Waals surface area contributed by atoms with Crippen LogP contribution in [0, 0.1) is 0 Å². The fourth-order valence-corrected chi connectivity index (χ4v) is 4.08. The zero-order valence-electron chi connectivity index (χ0n) is 14.3. The Morgan fingerprint density at radius 3 is 2.59 bits per heavy atom. The number of rotatable bonds is 6. The van der Waals surface area contributed by atoms with Crippen LogP contribution in [0.15, 0.2) is 66.2 Å². The fraction of sp³-hybridized carbons (Fsp3) is 0.150. The molecule has 0 bridgehead atoms. The average molecular weight is 400 g/mol. The number of halogens is 1. The number of amidine groups is 1. The molecule has 0 unspecified atom stereocenters. The minimum atomic E-state index is -1.24. The predicted molar refractivity (Wildman–Crippen MR) is 106 cm³/mol. The van der Waals surface area contributed by atoms with Gasteiger partial charge in [0.15, 0.2) is 5.17 Å². The van der Waals surface area contributed by atoms with Crippen LogP contribution in [-0.2, 0) is 11.2 Å². The van der Waals surface area contributed by atoms with Crippen molar-refractivity contribution in [1.82, 2.24) is 4.90 Å². The first kappa shape index (κ1) is 19.2. The van der Waals surface area contributed by atoms with Gasteiger partial charge in [0.1, 0.15) is 0 Å². The van der Waals surface area contributed by atoms with Crippen molar-refractivity contribution in [2.75, 3.05) is 6.54 Å². The molecule has 7 heteroatoms. The highest BCUT2D eigenvalue weighted by Gasteiger charge is 2.37. The van der Waals surface area contributed by atoms with E-state index in [0.717, 1.165) is 5.56 Å². The Balaban J connectivity index is 1.85. The van der Waals surface area contributed by atoms with Gasteiger partial charge in [0.25, 0.3) is 0 Å². The monoisotopic (exact) mass is 399 g/mol. The van der Waals surface area contributed by atoms with Crippen LogP contribution in [0.1, 0.15) is 15.9 Å². The van der Waals surface area contributed by atoms with E-state index in [1.165, 1.54) is 23.9 Å². The molecule has 0 spiro atoms. The molecule has 0 aromatic heterocycles. The maximum Gasteiger partial charge on any atom is 0.242 e. The molecule has 1 fully saturated rings. The summed E-state index contributed by atoms with van der Waals surface area (Å²) >= 11 is 7.59. The van der Waals surface area contributed by atoms with Crippen LogP contribution in [0.5, 0.6) is 0 Å². The number of benzene rings is 2. The van der Waals surface area contributed by atoms with Crippen LogP contribution < -0.4 is 5.11 Å². The molecule has 1 heterocycles. The molecule has 0 aliphatic carbocycles. The topological polar surface area (TPSA) is 72.8 Å². The zero-order valence-corrected chi connectivity index (χ0v) is 15.9. The lowest BCUT2D eigenvalue weighted by molar-refractivity contribution is -0.255. The summed E-state index contributed by atoms with van der Waals surface area (Å²) < 4.78 is 0. The van der Waals surface area contributed by atoms with Gasteiger partial charge in [0.2, 0.25) is 5.91 Å². The largest absolute Gasteiger partial charge is 0.545 e. The second-order valence-corrected chi connectivity index (χ2v) is 7.45. The van der Waals surface area contributed by atoms with E-state index in [4.69, 9.17) is 11.6 Å². The van der Waals surface area contributed by atoms with Crippen molar-refractivity contribution >= 4 is 46.1 Å². The van der Waals surface area contributed by atoms with E-state index < -0.39 is 5.97 Å². The minimum Gasteiger partial charge on any atom is -0.545 e. The van der Waals surface area contributed by atoms with Crippen LogP contribution in [0.25, 0.3) is 0 Å². The van der Waals surface area contributed by atoms with Crippen molar-refractivity contribution in [2.45, 2.75) is 11.7 Å². The lowest BCUT2D eigenvalue weighted by Gasteiger charge is -2.14. The normalized spacial score (nSPS) is 18.1. The van der Waals surface area contributed by atoms with Crippen molar-refractivity contribution < 1.29 is 14.7 Å². The SMILES string of the molecule is C=CCN1C(=O)[C@@H](Cc2ccccc2Cl)SC1=Nc1ccc(C(=O)[O-])cc1. The number of amides is 1. The fourth-order valence-electron chi connectivity index (χ4n) is 2.67. The summed E-state index contributed by atoms with van der Waals surface area (Å²) in [5.41, 5.74) is 1.54. The summed E-state index contributed by atoms with van der Waals surface area (Å²) in [6.45, 7) is 4.05. The number of carbonyl (C=O) groups is 2. The molecule has 5 nitrogen and oxygen atoms in total. The molecule has 2 aromatic carbocycles. The van der Waals surface area contributed by atoms with Crippen LogP contribution in [0.3, 0.4) is 0 Å². The average Bonchev–Trinajstić information content (AvgIpc) is 2.93. The van der Waals surface area contributed by atoms with E-state index in [1.807, 2.05) is 18.2 Å². The number of carbonyl (C=O) groups excluding carboxylic acids is 2. The number of aliphatic imine (C=N–C) groups is 1. The Morgan fingerprint density at radius 2 is 1.96 bits per heavy atom. The van der Waals surface area contributed by atoms with E-state index in [-0.39, 0.29) is 16.7 Å². The van der Waals surface area contributed by atoms with Gasteiger partial charge in [-0.05, 0) is 35.7 Å². The van der Waals surface area contributed by atoms with Gasteiger partial charge in [-0.3, -0.25) is 9.69 Å². The molecule has 1 amide bonds. The summed E-state index contributed by atoms with van der Waals surface area (Å²) in [5.74, 6) is -1.29. The molecule has 1 atom stereocenters. The van der Waals surface area contributed by atoms with Gasteiger partial charge in [-0.2, -0.15) is 0 Å². The maximum atomic E-state index is 12.8. The van der Waals surface area contributed by atoms with Gasteiger partial charge in [0, 0.05) is 11.6 Å². The van der Waals surface area contributed by atoms with Gasteiger partial charge >= 0.3 is 0 Å². The lowest BCUT2D eigenvalue weighted by Crippen LogP contribution is -2.32. The zero-order chi connectivity index (χ0) is 19.4. The van der Waals surface area contributed by atoms with Crippen molar-refractivity contribution in [2.24, 2.45) is 4.99 Å². The van der Waals surface area contributed by atoms with E-state index >= 15 is 0 Å². The van der Waals surface area contributed by atoms with Crippen molar-refractivity contribution in [3.8, 4) is 0 Å². The minimum absolute atomic E-state index is 0.0510. The number of carboxylic acids is 1. The first-order valence-electron chi connectivity index (χ1n) is 8.22. The molecule has 2 aromatic rings. The Bertz CT molecular complexity index is 912. The Morgan fingerprint density at radius 1 is 1.26 bits per heavy atom. The molecule has 1 saturated heterocycles.